The molecule has 0 amide bonds. The molecule has 1 aliphatic carbocycles. The van der Waals surface area contributed by atoms with E-state index in [0.717, 1.165) is 45.2 Å². The summed E-state index contributed by atoms with van der Waals surface area (Å²) in [6.45, 7) is 10.4. The van der Waals surface area contributed by atoms with E-state index in [1.807, 2.05) is 20.8 Å². The van der Waals surface area contributed by atoms with Crippen LogP contribution in [0.1, 0.15) is 40.0 Å². The Bertz CT molecular complexity index is 308. The SMILES string of the molecule is CCNC(C)(CCN(C)CCOCC1CC1)C(=O)OCC. The molecule has 124 valence electrons. The topological polar surface area (TPSA) is 50.8 Å². The molecule has 0 radical (unpaired) electrons. The highest BCUT2D eigenvalue weighted by molar-refractivity contribution is 5.80. The smallest absolute Gasteiger partial charge is 0.326 e. The van der Waals surface area contributed by atoms with Crippen molar-refractivity contribution < 1.29 is 14.3 Å². The van der Waals surface area contributed by atoms with Gasteiger partial charge in [0, 0.05) is 19.7 Å². The van der Waals surface area contributed by atoms with Gasteiger partial charge in [-0.25, -0.2) is 0 Å². The third-order valence-electron chi connectivity index (χ3n) is 3.95. The molecule has 5 nitrogen and oxygen atoms in total. The number of nitrogens with one attached hydrogen (secondary N) is 1. The first-order valence-corrected chi connectivity index (χ1v) is 8.20. The predicted molar refractivity (Wildman–Crippen MR) is 84.4 cm³/mol. The molecule has 0 spiro atoms. The van der Waals surface area contributed by atoms with Crippen LogP contribution in [0, 0.1) is 5.92 Å². The lowest BCUT2D eigenvalue weighted by Crippen LogP contribution is -2.52. The maximum absolute atomic E-state index is 12.1. The Labute approximate surface area is 129 Å². The molecule has 5 heteroatoms. The van der Waals surface area contributed by atoms with Gasteiger partial charge in [0.2, 0.25) is 0 Å². The van der Waals surface area contributed by atoms with Gasteiger partial charge in [-0.05, 0) is 52.6 Å². The van der Waals surface area contributed by atoms with E-state index in [1.165, 1.54) is 12.8 Å². The van der Waals surface area contributed by atoms with Crippen molar-refractivity contribution in [3.8, 4) is 0 Å². The molecule has 1 aliphatic rings. The van der Waals surface area contributed by atoms with Gasteiger partial charge in [0.05, 0.1) is 13.2 Å². The number of hydrogen-bond acceptors (Lipinski definition) is 5. The van der Waals surface area contributed by atoms with Crippen LogP contribution in [0.2, 0.25) is 0 Å². The van der Waals surface area contributed by atoms with Crippen molar-refractivity contribution in [3.05, 3.63) is 0 Å². The van der Waals surface area contributed by atoms with Crippen molar-refractivity contribution in [2.45, 2.75) is 45.6 Å². The molecule has 1 rings (SSSR count). The fraction of sp³-hybridized carbons (Fsp3) is 0.938. The van der Waals surface area contributed by atoms with Gasteiger partial charge in [-0.3, -0.25) is 4.79 Å². The van der Waals surface area contributed by atoms with E-state index >= 15 is 0 Å². The molecule has 1 N–H and O–H groups in total. The van der Waals surface area contributed by atoms with Crippen molar-refractivity contribution in [3.63, 3.8) is 0 Å². The summed E-state index contributed by atoms with van der Waals surface area (Å²) in [4.78, 5) is 14.3. The zero-order chi connectivity index (χ0) is 15.7. The molecule has 1 saturated carbocycles. The van der Waals surface area contributed by atoms with Crippen LogP contribution in [-0.2, 0) is 14.3 Å². The number of carbonyl (C=O) groups is 1. The highest BCUT2D eigenvalue weighted by Crippen LogP contribution is 2.28. The monoisotopic (exact) mass is 300 g/mol. The van der Waals surface area contributed by atoms with Crippen LogP contribution >= 0.6 is 0 Å². The molecule has 21 heavy (non-hydrogen) atoms. The first-order valence-electron chi connectivity index (χ1n) is 8.20. The quantitative estimate of drug-likeness (QED) is 0.439. The molecule has 0 aliphatic heterocycles. The van der Waals surface area contributed by atoms with Gasteiger partial charge in [-0.1, -0.05) is 6.92 Å². The summed E-state index contributed by atoms with van der Waals surface area (Å²) in [5, 5.41) is 3.26. The summed E-state index contributed by atoms with van der Waals surface area (Å²) >= 11 is 0. The number of nitrogens with zero attached hydrogens (tertiary/aromatic N) is 1. The molecule has 0 bridgehead atoms. The predicted octanol–water partition coefficient (Wildman–Crippen LogP) is 1.67. The number of hydrogen-bond donors (Lipinski definition) is 1. The first kappa shape index (κ1) is 18.4. The van der Waals surface area contributed by atoms with E-state index in [9.17, 15) is 4.79 Å². The normalized spacial score (nSPS) is 17.8. The Morgan fingerprint density at radius 3 is 2.62 bits per heavy atom. The maximum Gasteiger partial charge on any atom is 0.326 e. The number of esters is 1. The van der Waals surface area contributed by atoms with Crippen LogP contribution < -0.4 is 5.32 Å². The summed E-state index contributed by atoms with van der Waals surface area (Å²) in [5.74, 6) is 0.654. The van der Waals surface area contributed by atoms with Gasteiger partial charge in [0.1, 0.15) is 5.54 Å². The lowest BCUT2D eigenvalue weighted by molar-refractivity contribution is -0.151. The van der Waals surface area contributed by atoms with E-state index in [1.54, 1.807) is 0 Å². The molecular formula is C16H32N2O3. The van der Waals surface area contributed by atoms with Gasteiger partial charge in [-0.15, -0.1) is 0 Å². The lowest BCUT2D eigenvalue weighted by Gasteiger charge is -2.30. The zero-order valence-corrected chi connectivity index (χ0v) is 14.1. The molecular weight excluding hydrogens is 268 g/mol. The van der Waals surface area contributed by atoms with Crippen molar-refractivity contribution in [1.82, 2.24) is 10.2 Å². The van der Waals surface area contributed by atoms with Crippen LogP contribution in [0.5, 0.6) is 0 Å². The van der Waals surface area contributed by atoms with Crippen LogP contribution in [0.25, 0.3) is 0 Å². The summed E-state index contributed by atoms with van der Waals surface area (Å²) in [5.41, 5.74) is -0.603. The molecule has 0 saturated heterocycles. The van der Waals surface area contributed by atoms with Crippen LogP contribution in [0.4, 0.5) is 0 Å². The molecule has 1 atom stereocenters. The Morgan fingerprint density at radius 2 is 2.05 bits per heavy atom. The Balaban J connectivity index is 2.24. The van der Waals surface area contributed by atoms with E-state index in [0.29, 0.717) is 6.61 Å². The average Bonchev–Trinajstić information content (AvgIpc) is 3.26. The maximum atomic E-state index is 12.1. The van der Waals surface area contributed by atoms with Crippen molar-refractivity contribution in [1.29, 1.82) is 0 Å². The minimum Gasteiger partial charge on any atom is -0.465 e. The number of rotatable bonds is 12. The highest BCUT2D eigenvalue weighted by Gasteiger charge is 2.33. The third kappa shape index (κ3) is 7.25. The molecule has 1 fully saturated rings. The summed E-state index contributed by atoms with van der Waals surface area (Å²) in [7, 11) is 2.07. The van der Waals surface area contributed by atoms with E-state index in [4.69, 9.17) is 9.47 Å². The molecule has 0 aromatic rings. The van der Waals surface area contributed by atoms with Crippen molar-refractivity contribution in [2.75, 3.05) is 46.5 Å². The fourth-order valence-electron chi connectivity index (χ4n) is 2.22. The van der Waals surface area contributed by atoms with Gasteiger partial charge < -0.3 is 19.7 Å². The van der Waals surface area contributed by atoms with E-state index in [-0.39, 0.29) is 5.97 Å². The van der Waals surface area contributed by atoms with Gasteiger partial charge in [0.15, 0.2) is 0 Å². The largest absolute Gasteiger partial charge is 0.465 e. The summed E-state index contributed by atoms with van der Waals surface area (Å²) in [6.07, 6.45) is 3.39. The third-order valence-corrected chi connectivity index (χ3v) is 3.95. The summed E-state index contributed by atoms with van der Waals surface area (Å²) in [6, 6.07) is 0. The van der Waals surface area contributed by atoms with Crippen LogP contribution in [0.3, 0.4) is 0 Å². The second-order valence-corrected chi connectivity index (χ2v) is 6.15. The van der Waals surface area contributed by atoms with Gasteiger partial charge >= 0.3 is 5.97 Å². The fourth-order valence-corrected chi connectivity index (χ4v) is 2.22. The Hall–Kier alpha value is -0.650. The Morgan fingerprint density at radius 1 is 1.33 bits per heavy atom. The van der Waals surface area contributed by atoms with Gasteiger partial charge in [-0.2, -0.15) is 0 Å². The zero-order valence-electron chi connectivity index (χ0n) is 14.1. The highest BCUT2D eigenvalue weighted by atomic mass is 16.5. The van der Waals surface area contributed by atoms with Crippen LogP contribution in [-0.4, -0.2) is 62.9 Å². The molecule has 0 aromatic carbocycles. The lowest BCUT2D eigenvalue weighted by atomic mass is 9.97. The van der Waals surface area contributed by atoms with Crippen LogP contribution in [0.15, 0.2) is 0 Å². The molecule has 0 heterocycles. The number of carbonyl (C=O) groups excluding carboxylic acids is 1. The minimum atomic E-state index is -0.603. The first-order chi connectivity index (χ1) is 10.0. The average molecular weight is 300 g/mol. The van der Waals surface area contributed by atoms with E-state index in [2.05, 4.69) is 17.3 Å². The Kier molecular flexibility index (Phi) is 8.22. The van der Waals surface area contributed by atoms with Gasteiger partial charge in [0.25, 0.3) is 0 Å². The standard InChI is InChI=1S/C16H32N2O3/c1-5-17-16(3,15(19)21-6-2)9-10-18(4)11-12-20-13-14-7-8-14/h14,17H,5-13H2,1-4H3. The molecule has 0 aromatic heterocycles. The van der Waals surface area contributed by atoms with E-state index < -0.39 is 5.54 Å². The minimum absolute atomic E-state index is 0.162. The molecule has 1 unspecified atom stereocenters. The summed E-state index contributed by atoms with van der Waals surface area (Å²) < 4.78 is 10.8. The second-order valence-electron chi connectivity index (χ2n) is 6.15. The second kappa shape index (κ2) is 9.38. The van der Waals surface area contributed by atoms with Crippen molar-refractivity contribution in [2.24, 2.45) is 5.92 Å². The number of likely N-dealkylation sites (N-methyl/N-ethyl adjacent to an activating group) is 2. The number of ether oxygens (including phenoxy) is 2. The van der Waals surface area contributed by atoms with Crippen molar-refractivity contribution >= 4 is 5.97 Å².